The standard InChI is InChI=1S/C11H22O5/c1-3-4-5-14-6-7-15-8-11(13)9-16-10(2)12/h11,13H,3-9H2,1-2H3. The summed E-state index contributed by atoms with van der Waals surface area (Å²) in [6.45, 7) is 5.26. The van der Waals surface area contributed by atoms with Crippen LogP contribution in [0.1, 0.15) is 26.7 Å². The van der Waals surface area contributed by atoms with Gasteiger partial charge in [0, 0.05) is 13.5 Å². The number of rotatable bonds is 10. The van der Waals surface area contributed by atoms with Crippen LogP contribution in [-0.2, 0) is 19.0 Å². The van der Waals surface area contributed by atoms with E-state index in [1.807, 2.05) is 0 Å². The number of hydrogen-bond acceptors (Lipinski definition) is 5. The number of aliphatic hydroxyl groups is 1. The predicted octanol–water partition coefficient (Wildman–Crippen LogP) is 0.744. The van der Waals surface area contributed by atoms with Crippen LogP contribution in [-0.4, -0.2) is 50.2 Å². The largest absolute Gasteiger partial charge is 0.463 e. The van der Waals surface area contributed by atoms with Gasteiger partial charge in [-0.3, -0.25) is 4.79 Å². The summed E-state index contributed by atoms with van der Waals surface area (Å²) in [6.07, 6.45) is 1.40. The Morgan fingerprint density at radius 3 is 2.50 bits per heavy atom. The highest BCUT2D eigenvalue weighted by Crippen LogP contribution is 1.90. The molecule has 0 aromatic carbocycles. The molecular weight excluding hydrogens is 212 g/mol. The molecule has 16 heavy (non-hydrogen) atoms. The van der Waals surface area contributed by atoms with Gasteiger partial charge in [0.15, 0.2) is 0 Å². The molecule has 0 aromatic heterocycles. The zero-order valence-electron chi connectivity index (χ0n) is 10.1. The molecule has 0 saturated carbocycles. The zero-order chi connectivity index (χ0) is 12.2. The number of carbonyl (C=O) groups excluding carboxylic acids is 1. The van der Waals surface area contributed by atoms with Crippen molar-refractivity contribution in [3.05, 3.63) is 0 Å². The molecule has 0 aliphatic carbocycles. The molecule has 0 saturated heterocycles. The maximum atomic E-state index is 10.4. The van der Waals surface area contributed by atoms with Crippen LogP contribution in [0, 0.1) is 0 Å². The molecule has 0 spiro atoms. The third-order valence-corrected chi connectivity index (χ3v) is 1.80. The van der Waals surface area contributed by atoms with Crippen LogP contribution in [0.25, 0.3) is 0 Å². The number of ether oxygens (including phenoxy) is 3. The molecule has 0 aliphatic heterocycles. The molecular formula is C11H22O5. The van der Waals surface area contributed by atoms with Gasteiger partial charge in [-0.15, -0.1) is 0 Å². The number of aliphatic hydroxyl groups excluding tert-OH is 1. The van der Waals surface area contributed by atoms with Gasteiger partial charge in [0.05, 0.1) is 19.8 Å². The quantitative estimate of drug-likeness (QED) is 0.446. The Balaban J connectivity index is 3.15. The maximum Gasteiger partial charge on any atom is 0.302 e. The van der Waals surface area contributed by atoms with E-state index in [2.05, 4.69) is 11.7 Å². The number of unbranched alkanes of at least 4 members (excludes halogenated alkanes) is 1. The van der Waals surface area contributed by atoms with E-state index in [1.165, 1.54) is 6.92 Å². The second-order valence-electron chi connectivity index (χ2n) is 3.50. The Kier molecular flexibility index (Phi) is 10.4. The molecule has 0 amide bonds. The molecule has 0 fully saturated rings. The van der Waals surface area contributed by atoms with Crippen LogP contribution < -0.4 is 0 Å². The number of hydrogen-bond donors (Lipinski definition) is 1. The Hall–Kier alpha value is -0.650. The summed E-state index contributed by atoms with van der Waals surface area (Å²) < 4.78 is 15.0. The van der Waals surface area contributed by atoms with Crippen LogP contribution in [0.3, 0.4) is 0 Å². The first-order valence-electron chi connectivity index (χ1n) is 5.63. The second-order valence-corrected chi connectivity index (χ2v) is 3.50. The van der Waals surface area contributed by atoms with Gasteiger partial charge in [0.25, 0.3) is 0 Å². The van der Waals surface area contributed by atoms with Gasteiger partial charge in [-0.25, -0.2) is 0 Å². The highest BCUT2D eigenvalue weighted by atomic mass is 16.6. The van der Waals surface area contributed by atoms with E-state index < -0.39 is 12.1 Å². The molecule has 5 heteroatoms. The molecule has 0 heterocycles. The lowest BCUT2D eigenvalue weighted by atomic mass is 10.4. The Labute approximate surface area is 96.7 Å². The van der Waals surface area contributed by atoms with Gasteiger partial charge in [-0.05, 0) is 6.42 Å². The van der Waals surface area contributed by atoms with Gasteiger partial charge in [0.2, 0.25) is 0 Å². The van der Waals surface area contributed by atoms with E-state index >= 15 is 0 Å². The third-order valence-electron chi connectivity index (χ3n) is 1.80. The monoisotopic (exact) mass is 234 g/mol. The topological polar surface area (TPSA) is 65.0 Å². The van der Waals surface area contributed by atoms with Crippen molar-refractivity contribution in [2.75, 3.05) is 33.0 Å². The second kappa shape index (κ2) is 10.9. The maximum absolute atomic E-state index is 10.4. The summed E-state index contributed by atoms with van der Waals surface area (Å²) in [4.78, 5) is 10.4. The summed E-state index contributed by atoms with van der Waals surface area (Å²) in [6, 6.07) is 0. The van der Waals surface area contributed by atoms with Crippen LogP contribution in [0.15, 0.2) is 0 Å². The first-order chi connectivity index (χ1) is 7.66. The normalized spacial score (nSPS) is 12.4. The van der Waals surface area contributed by atoms with E-state index in [9.17, 15) is 9.90 Å². The van der Waals surface area contributed by atoms with E-state index in [1.54, 1.807) is 0 Å². The van der Waals surface area contributed by atoms with E-state index in [-0.39, 0.29) is 13.2 Å². The molecule has 1 N–H and O–H groups in total. The van der Waals surface area contributed by atoms with Crippen LogP contribution in [0.4, 0.5) is 0 Å². The lowest BCUT2D eigenvalue weighted by molar-refractivity contribution is -0.145. The summed E-state index contributed by atoms with van der Waals surface area (Å²) in [5, 5.41) is 9.30. The van der Waals surface area contributed by atoms with E-state index in [0.29, 0.717) is 13.2 Å². The minimum absolute atomic E-state index is 0.0218. The molecule has 0 radical (unpaired) electrons. The zero-order valence-corrected chi connectivity index (χ0v) is 10.1. The van der Waals surface area contributed by atoms with Crippen LogP contribution in [0.2, 0.25) is 0 Å². The van der Waals surface area contributed by atoms with Crippen molar-refractivity contribution in [1.82, 2.24) is 0 Å². The fourth-order valence-electron chi connectivity index (χ4n) is 0.947. The molecule has 1 unspecified atom stereocenters. The molecule has 0 aliphatic rings. The van der Waals surface area contributed by atoms with Crippen molar-refractivity contribution in [1.29, 1.82) is 0 Å². The van der Waals surface area contributed by atoms with Crippen molar-refractivity contribution < 1.29 is 24.1 Å². The number of esters is 1. The SMILES string of the molecule is CCCCOCCOCC(O)COC(C)=O. The lowest BCUT2D eigenvalue weighted by Crippen LogP contribution is -2.24. The lowest BCUT2D eigenvalue weighted by Gasteiger charge is -2.11. The average molecular weight is 234 g/mol. The Morgan fingerprint density at radius 2 is 1.88 bits per heavy atom. The fourth-order valence-corrected chi connectivity index (χ4v) is 0.947. The molecule has 0 bridgehead atoms. The third kappa shape index (κ3) is 11.4. The fraction of sp³-hybridized carbons (Fsp3) is 0.909. The molecule has 0 aromatic rings. The Bertz CT molecular complexity index is 172. The molecule has 96 valence electrons. The van der Waals surface area contributed by atoms with Gasteiger partial charge >= 0.3 is 5.97 Å². The Morgan fingerprint density at radius 1 is 1.19 bits per heavy atom. The summed E-state index contributed by atoms with van der Waals surface area (Å²) in [7, 11) is 0. The van der Waals surface area contributed by atoms with Crippen LogP contribution in [0.5, 0.6) is 0 Å². The van der Waals surface area contributed by atoms with E-state index in [0.717, 1.165) is 19.4 Å². The summed E-state index contributed by atoms with van der Waals surface area (Å²) in [5.41, 5.74) is 0. The van der Waals surface area contributed by atoms with E-state index in [4.69, 9.17) is 9.47 Å². The molecule has 5 nitrogen and oxygen atoms in total. The molecule has 1 atom stereocenters. The smallest absolute Gasteiger partial charge is 0.302 e. The van der Waals surface area contributed by atoms with Crippen LogP contribution >= 0.6 is 0 Å². The van der Waals surface area contributed by atoms with Crippen molar-refractivity contribution in [3.63, 3.8) is 0 Å². The van der Waals surface area contributed by atoms with Crippen molar-refractivity contribution >= 4 is 5.97 Å². The minimum Gasteiger partial charge on any atom is -0.463 e. The first-order valence-corrected chi connectivity index (χ1v) is 5.63. The van der Waals surface area contributed by atoms with Crippen molar-refractivity contribution in [2.24, 2.45) is 0 Å². The predicted molar refractivity (Wildman–Crippen MR) is 59.2 cm³/mol. The van der Waals surface area contributed by atoms with Gasteiger partial charge in [-0.2, -0.15) is 0 Å². The molecule has 0 rings (SSSR count). The first kappa shape index (κ1) is 15.3. The van der Waals surface area contributed by atoms with Crippen molar-refractivity contribution in [3.8, 4) is 0 Å². The van der Waals surface area contributed by atoms with Gasteiger partial charge in [-0.1, -0.05) is 13.3 Å². The highest BCUT2D eigenvalue weighted by molar-refractivity contribution is 5.65. The summed E-state index contributed by atoms with van der Waals surface area (Å²) in [5.74, 6) is -0.401. The average Bonchev–Trinajstić information content (AvgIpc) is 2.25. The van der Waals surface area contributed by atoms with Gasteiger partial charge < -0.3 is 19.3 Å². The summed E-state index contributed by atoms with van der Waals surface area (Å²) >= 11 is 0. The number of carbonyl (C=O) groups is 1. The van der Waals surface area contributed by atoms with Gasteiger partial charge in [0.1, 0.15) is 12.7 Å². The van der Waals surface area contributed by atoms with Crippen molar-refractivity contribution in [2.45, 2.75) is 32.8 Å². The highest BCUT2D eigenvalue weighted by Gasteiger charge is 2.05. The minimum atomic E-state index is -0.764.